The summed E-state index contributed by atoms with van der Waals surface area (Å²) in [4.78, 5) is 0. The molecular weight excluding hydrogens is 272 g/mol. The highest BCUT2D eigenvalue weighted by atomic mass is 16.3. The molecule has 0 aromatic heterocycles. The predicted molar refractivity (Wildman–Crippen MR) is 96.9 cm³/mol. The standard InChI is InChI=1S/C20H34O2/c1-17(10-6-12-19(3)14-15-21)8-5-9-18(2)11-7-13-20(4)16-22/h9-10,13-14,21-22H,5-8,11-12,15-16H2,1-4H3/b17-10-,18-9+,19-14-,20-13+. The number of allylic oxidation sites excluding steroid dienone is 6. The van der Waals surface area contributed by atoms with Gasteiger partial charge in [-0.1, -0.05) is 46.6 Å². The Bertz CT molecular complexity index is 411. The maximum absolute atomic E-state index is 8.93. The highest BCUT2D eigenvalue weighted by Crippen LogP contribution is 2.13. The minimum absolute atomic E-state index is 0.144. The van der Waals surface area contributed by atoms with Gasteiger partial charge in [0.1, 0.15) is 0 Å². The zero-order valence-electron chi connectivity index (χ0n) is 14.9. The molecule has 0 radical (unpaired) electrons. The van der Waals surface area contributed by atoms with Crippen LogP contribution >= 0.6 is 0 Å². The summed E-state index contributed by atoms with van der Waals surface area (Å²) >= 11 is 0. The summed E-state index contributed by atoms with van der Waals surface area (Å²) in [5, 5.41) is 17.7. The van der Waals surface area contributed by atoms with E-state index in [1.54, 1.807) is 0 Å². The molecule has 0 aromatic carbocycles. The largest absolute Gasteiger partial charge is 0.392 e. The Morgan fingerprint density at radius 3 is 1.32 bits per heavy atom. The second-order valence-corrected chi connectivity index (χ2v) is 6.16. The molecule has 0 atom stereocenters. The lowest BCUT2D eigenvalue weighted by Crippen LogP contribution is -1.85. The van der Waals surface area contributed by atoms with E-state index in [0.29, 0.717) is 0 Å². The first kappa shape index (κ1) is 20.9. The Hall–Kier alpha value is -1.12. The Kier molecular flexibility index (Phi) is 12.8. The van der Waals surface area contributed by atoms with E-state index in [9.17, 15) is 0 Å². The van der Waals surface area contributed by atoms with E-state index in [4.69, 9.17) is 10.2 Å². The van der Waals surface area contributed by atoms with Gasteiger partial charge in [-0.05, 0) is 66.2 Å². The van der Waals surface area contributed by atoms with Crippen molar-refractivity contribution >= 4 is 0 Å². The van der Waals surface area contributed by atoms with Crippen LogP contribution in [0.15, 0.2) is 46.6 Å². The Morgan fingerprint density at radius 2 is 0.955 bits per heavy atom. The van der Waals surface area contributed by atoms with E-state index >= 15 is 0 Å². The van der Waals surface area contributed by atoms with E-state index in [2.05, 4.69) is 39.0 Å². The van der Waals surface area contributed by atoms with Gasteiger partial charge in [0.15, 0.2) is 0 Å². The lowest BCUT2D eigenvalue weighted by atomic mass is 10.0. The van der Waals surface area contributed by atoms with Crippen molar-refractivity contribution < 1.29 is 10.2 Å². The number of aliphatic hydroxyl groups is 2. The molecule has 0 aromatic rings. The van der Waals surface area contributed by atoms with Gasteiger partial charge in [0.05, 0.1) is 13.2 Å². The Balaban J connectivity index is 3.96. The zero-order chi connectivity index (χ0) is 16.8. The van der Waals surface area contributed by atoms with Gasteiger partial charge in [-0.2, -0.15) is 0 Å². The molecule has 0 amide bonds. The van der Waals surface area contributed by atoms with Gasteiger partial charge in [0.25, 0.3) is 0 Å². The molecule has 0 spiro atoms. The summed E-state index contributed by atoms with van der Waals surface area (Å²) in [6.45, 7) is 8.72. The summed E-state index contributed by atoms with van der Waals surface area (Å²) < 4.78 is 0. The minimum Gasteiger partial charge on any atom is -0.392 e. The molecule has 2 nitrogen and oxygen atoms in total. The second kappa shape index (κ2) is 13.5. The lowest BCUT2D eigenvalue weighted by Gasteiger charge is -2.02. The van der Waals surface area contributed by atoms with E-state index in [1.165, 1.54) is 16.7 Å². The van der Waals surface area contributed by atoms with Crippen LogP contribution in [-0.4, -0.2) is 23.4 Å². The normalized spacial score (nSPS) is 14.6. The summed E-state index contributed by atoms with van der Waals surface area (Å²) in [6, 6.07) is 0. The van der Waals surface area contributed by atoms with Crippen LogP contribution in [0.1, 0.15) is 66.2 Å². The van der Waals surface area contributed by atoms with Gasteiger partial charge in [0, 0.05) is 0 Å². The molecule has 0 aliphatic carbocycles. The van der Waals surface area contributed by atoms with Crippen LogP contribution in [0.2, 0.25) is 0 Å². The zero-order valence-corrected chi connectivity index (χ0v) is 14.9. The topological polar surface area (TPSA) is 40.5 Å². The molecular formula is C20H34O2. The molecule has 22 heavy (non-hydrogen) atoms. The van der Waals surface area contributed by atoms with E-state index in [1.807, 2.05) is 13.0 Å². The number of hydrogen-bond acceptors (Lipinski definition) is 2. The van der Waals surface area contributed by atoms with Crippen molar-refractivity contribution in [3.05, 3.63) is 46.6 Å². The van der Waals surface area contributed by atoms with Crippen LogP contribution in [0, 0.1) is 0 Å². The number of rotatable bonds is 11. The molecule has 0 aliphatic heterocycles. The van der Waals surface area contributed by atoms with Crippen molar-refractivity contribution in [1.82, 2.24) is 0 Å². The highest BCUT2D eigenvalue weighted by molar-refractivity contribution is 5.07. The van der Waals surface area contributed by atoms with Crippen molar-refractivity contribution in [3.8, 4) is 0 Å². The van der Waals surface area contributed by atoms with E-state index in [0.717, 1.165) is 44.1 Å². The van der Waals surface area contributed by atoms with Gasteiger partial charge in [0.2, 0.25) is 0 Å². The third-order valence-corrected chi connectivity index (χ3v) is 3.78. The summed E-state index contributed by atoms with van der Waals surface area (Å²) in [5.41, 5.74) is 5.18. The van der Waals surface area contributed by atoms with E-state index < -0.39 is 0 Å². The third kappa shape index (κ3) is 12.6. The monoisotopic (exact) mass is 306 g/mol. The molecule has 0 heterocycles. The second-order valence-electron chi connectivity index (χ2n) is 6.16. The molecule has 0 saturated heterocycles. The molecule has 0 unspecified atom stereocenters. The lowest BCUT2D eigenvalue weighted by molar-refractivity contribution is 0.331. The van der Waals surface area contributed by atoms with Crippen LogP contribution in [-0.2, 0) is 0 Å². The molecule has 126 valence electrons. The SMILES string of the molecule is C/C(=C/CO)CC/C=C(/C)CC/C=C(\C)CC/C=C(\C)CO. The maximum Gasteiger partial charge on any atom is 0.0639 e. The van der Waals surface area contributed by atoms with Gasteiger partial charge in [-0.3, -0.25) is 0 Å². The van der Waals surface area contributed by atoms with Gasteiger partial charge in [-0.25, -0.2) is 0 Å². The van der Waals surface area contributed by atoms with Crippen LogP contribution < -0.4 is 0 Å². The first-order valence-electron chi connectivity index (χ1n) is 8.33. The Labute approximate surface area is 137 Å². The van der Waals surface area contributed by atoms with Gasteiger partial charge in [-0.15, -0.1) is 0 Å². The fraction of sp³-hybridized carbons (Fsp3) is 0.600. The molecule has 0 fully saturated rings. The predicted octanol–water partition coefficient (Wildman–Crippen LogP) is 5.10. The molecule has 0 aliphatic rings. The van der Waals surface area contributed by atoms with Crippen LogP contribution in [0.4, 0.5) is 0 Å². The quantitative estimate of drug-likeness (QED) is 0.522. The van der Waals surface area contributed by atoms with E-state index in [-0.39, 0.29) is 13.2 Å². The van der Waals surface area contributed by atoms with Crippen molar-refractivity contribution in [3.63, 3.8) is 0 Å². The smallest absolute Gasteiger partial charge is 0.0639 e. The average Bonchev–Trinajstić information content (AvgIpc) is 2.47. The molecule has 0 saturated carbocycles. The minimum atomic E-state index is 0.144. The molecule has 0 bridgehead atoms. The summed E-state index contributed by atoms with van der Waals surface area (Å²) in [7, 11) is 0. The van der Waals surface area contributed by atoms with Gasteiger partial charge < -0.3 is 10.2 Å². The number of hydrogen-bond donors (Lipinski definition) is 2. The number of aliphatic hydroxyl groups excluding tert-OH is 2. The van der Waals surface area contributed by atoms with Crippen LogP contribution in [0.5, 0.6) is 0 Å². The summed E-state index contributed by atoms with van der Waals surface area (Å²) in [6.07, 6.45) is 15.0. The molecule has 2 N–H and O–H groups in total. The summed E-state index contributed by atoms with van der Waals surface area (Å²) in [5.74, 6) is 0. The van der Waals surface area contributed by atoms with Crippen LogP contribution in [0.3, 0.4) is 0 Å². The Morgan fingerprint density at radius 1 is 0.591 bits per heavy atom. The maximum atomic E-state index is 8.93. The first-order valence-corrected chi connectivity index (χ1v) is 8.33. The van der Waals surface area contributed by atoms with Crippen molar-refractivity contribution in [1.29, 1.82) is 0 Å². The first-order chi connectivity index (χ1) is 10.5. The van der Waals surface area contributed by atoms with Crippen molar-refractivity contribution in [2.24, 2.45) is 0 Å². The van der Waals surface area contributed by atoms with Gasteiger partial charge >= 0.3 is 0 Å². The van der Waals surface area contributed by atoms with Crippen molar-refractivity contribution in [2.75, 3.05) is 13.2 Å². The van der Waals surface area contributed by atoms with Crippen molar-refractivity contribution in [2.45, 2.75) is 66.2 Å². The average molecular weight is 306 g/mol. The van der Waals surface area contributed by atoms with Crippen LogP contribution in [0.25, 0.3) is 0 Å². The fourth-order valence-electron chi connectivity index (χ4n) is 2.17. The molecule has 2 heteroatoms. The third-order valence-electron chi connectivity index (χ3n) is 3.78. The molecule has 0 rings (SSSR count). The fourth-order valence-corrected chi connectivity index (χ4v) is 2.17. The highest BCUT2D eigenvalue weighted by Gasteiger charge is 1.93.